The molecule has 0 bridgehead atoms. The number of nitrogens with one attached hydrogen (secondary N) is 2. The molecule has 2 N–H and O–H groups in total. The predicted octanol–water partition coefficient (Wildman–Crippen LogP) is 3.25. The average molecular weight is 290 g/mol. The molecule has 21 heavy (non-hydrogen) atoms. The van der Waals surface area contributed by atoms with E-state index in [1.54, 1.807) is 0 Å². The number of benzene rings is 1. The van der Waals surface area contributed by atoms with E-state index in [-0.39, 0.29) is 6.03 Å². The topological polar surface area (TPSA) is 50.4 Å². The molecule has 0 heterocycles. The van der Waals surface area contributed by atoms with Gasteiger partial charge in [0, 0.05) is 6.04 Å². The van der Waals surface area contributed by atoms with Crippen molar-refractivity contribution in [2.75, 3.05) is 13.2 Å². The zero-order valence-electron chi connectivity index (χ0n) is 13.0. The van der Waals surface area contributed by atoms with E-state index in [0.29, 0.717) is 25.1 Å². The van der Waals surface area contributed by atoms with Gasteiger partial charge in [0.1, 0.15) is 12.4 Å². The molecule has 1 aliphatic carbocycles. The molecule has 4 nitrogen and oxygen atoms in total. The quantitative estimate of drug-likeness (QED) is 0.818. The Kier molecular flexibility index (Phi) is 5.90. The summed E-state index contributed by atoms with van der Waals surface area (Å²) in [6, 6.07) is 8.15. The van der Waals surface area contributed by atoms with Gasteiger partial charge in [0.05, 0.1) is 6.54 Å². The molecule has 2 atom stereocenters. The molecule has 1 aromatic carbocycles. The monoisotopic (exact) mass is 290 g/mol. The van der Waals surface area contributed by atoms with E-state index in [9.17, 15) is 4.79 Å². The predicted molar refractivity (Wildman–Crippen MR) is 84.6 cm³/mol. The lowest BCUT2D eigenvalue weighted by atomic mass is 9.86. The zero-order chi connectivity index (χ0) is 15.1. The molecule has 1 saturated carbocycles. The highest BCUT2D eigenvalue weighted by Gasteiger charge is 2.22. The SMILES string of the molecule is Cc1cccc(OCCNC(=O)N[C@H]2CCCC[C@H]2C)c1. The van der Waals surface area contributed by atoms with Crippen molar-refractivity contribution in [3.05, 3.63) is 29.8 Å². The number of carbonyl (C=O) groups is 1. The van der Waals surface area contributed by atoms with E-state index in [1.165, 1.54) is 24.8 Å². The summed E-state index contributed by atoms with van der Waals surface area (Å²) >= 11 is 0. The molecule has 4 heteroatoms. The van der Waals surface area contributed by atoms with Gasteiger partial charge in [-0.15, -0.1) is 0 Å². The van der Waals surface area contributed by atoms with Crippen molar-refractivity contribution in [1.29, 1.82) is 0 Å². The zero-order valence-corrected chi connectivity index (χ0v) is 13.0. The van der Waals surface area contributed by atoms with Crippen LogP contribution in [-0.2, 0) is 0 Å². The number of rotatable bonds is 5. The van der Waals surface area contributed by atoms with Crippen LogP contribution in [0.15, 0.2) is 24.3 Å². The minimum atomic E-state index is -0.0819. The van der Waals surface area contributed by atoms with E-state index in [2.05, 4.69) is 17.6 Å². The average Bonchev–Trinajstić information content (AvgIpc) is 2.46. The molecule has 0 saturated heterocycles. The van der Waals surface area contributed by atoms with Crippen molar-refractivity contribution in [2.45, 2.75) is 45.6 Å². The number of amides is 2. The second-order valence-electron chi connectivity index (χ2n) is 5.93. The van der Waals surface area contributed by atoms with E-state index in [4.69, 9.17) is 4.74 Å². The maximum Gasteiger partial charge on any atom is 0.315 e. The second kappa shape index (κ2) is 7.91. The Morgan fingerprint density at radius 2 is 2.14 bits per heavy atom. The van der Waals surface area contributed by atoms with E-state index in [0.717, 1.165) is 12.2 Å². The largest absolute Gasteiger partial charge is 0.492 e. The van der Waals surface area contributed by atoms with Crippen LogP contribution in [-0.4, -0.2) is 25.2 Å². The van der Waals surface area contributed by atoms with Gasteiger partial charge in [0.15, 0.2) is 0 Å². The minimum Gasteiger partial charge on any atom is -0.492 e. The van der Waals surface area contributed by atoms with Gasteiger partial charge >= 0.3 is 6.03 Å². The summed E-state index contributed by atoms with van der Waals surface area (Å²) in [6.45, 7) is 5.24. The third-order valence-corrected chi connectivity index (χ3v) is 4.07. The van der Waals surface area contributed by atoms with Crippen LogP contribution in [0.25, 0.3) is 0 Å². The van der Waals surface area contributed by atoms with E-state index < -0.39 is 0 Å². The Morgan fingerprint density at radius 1 is 1.33 bits per heavy atom. The maximum atomic E-state index is 11.8. The van der Waals surface area contributed by atoms with Crippen molar-refractivity contribution < 1.29 is 9.53 Å². The lowest BCUT2D eigenvalue weighted by Crippen LogP contribution is -2.46. The lowest BCUT2D eigenvalue weighted by molar-refractivity contribution is 0.218. The Balaban J connectivity index is 1.63. The summed E-state index contributed by atoms with van der Waals surface area (Å²) in [6.07, 6.45) is 4.80. The van der Waals surface area contributed by atoms with Crippen LogP contribution < -0.4 is 15.4 Å². The lowest BCUT2D eigenvalue weighted by Gasteiger charge is -2.29. The highest BCUT2D eigenvalue weighted by molar-refractivity contribution is 5.74. The molecular weight excluding hydrogens is 264 g/mol. The van der Waals surface area contributed by atoms with Gasteiger partial charge in [-0.2, -0.15) is 0 Å². The van der Waals surface area contributed by atoms with Gasteiger partial charge in [0.2, 0.25) is 0 Å². The summed E-state index contributed by atoms with van der Waals surface area (Å²) in [5, 5.41) is 5.93. The highest BCUT2D eigenvalue weighted by atomic mass is 16.5. The fraction of sp³-hybridized carbons (Fsp3) is 0.588. The fourth-order valence-corrected chi connectivity index (χ4v) is 2.79. The first-order valence-electron chi connectivity index (χ1n) is 7.89. The molecule has 116 valence electrons. The molecule has 1 aromatic rings. The van der Waals surface area contributed by atoms with Crippen LogP contribution in [0.5, 0.6) is 5.75 Å². The molecule has 0 spiro atoms. The van der Waals surface area contributed by atoms with Crippen LogP contribution in [0.3, 0.4) is 0 Å². The van der Waals surface area contributed by atoms with Gasteiger partial charge in [-0.3, -0.25) is 0 Å². The molecule has 0 aliphatic heterocycles. The smallest absolute Gasteiger partial charge is 0.315 e. The normalized spacial score (nSPS) is 21.6. The van der Waals surface area contributed by atoms with E-state index >= 15 is 0 Å². The Bertz CT molecular complexity index is 462. The number of carbonyl (C=O) groups excluding carboxylic acids is 1. The van der Waals surface area contributed by atoms with Gasteiger partial charge in [0.25, 0.3) is 0 Å². The van der Waals surface area contributed by atoms with Crippen molar-refractivity contribution in [2.24, 2.45) is 5.92 Å². The third kappa shape index (κ3) is 5.29. The number of hydrogen-bond donors (Lipinski definition) is 2. The Labute approximate surface area is 127 Å². The number of aryl methyl sites for hydroxylation is 1. The van der Waals surface area contributed by atoms with Crippen LogP contribution in [0.1, 0.15) is 38.2 Å². The van der Waals surface area contributed by atoms with Gasteiger partial charge in [-0.1, -0.05) is 31.9 Å². The standard InChI is InChI=1S/C17H26N2O2/c1-13-6-5-8-15(12-13)21-11-10-18-17(20)19-16-9-4-3-7-14(16)2/h5-6,8,12,14,16H,3-4,7,9-11H2,1-2H3,(H2,18,19,20)/t14-,16+/m1/s1. The maximum absolute atomic E-state index is 11.8. The summed E-state index contributed by atoms with van der Waals surface area (Å²) in [7, 11) is 0. The number of ether oxygens (including phenoxy) is 1. The Morgan fingerprint density at radius 3 is 2.90 bits per heavy atom. The van der Waals surface area contributed by atoms with Crippen LogP contribution in [0.2, 0.25) is 0 Å². The molecule has 0 radical (unpaired) electrons. The molecule has 2 amide bonds. The van der Waals surface area contributed by atoms with Crippen LogP contribution in [0, 0.1) is 12.8 Å². The molecule has 0 unspecified atom stereocenters. The number of hydrogen-bond acceptors (Lipinski definition) is 2. The first-order valence-corrected chi connectivity index (χ1v) is 7.89. The third-order valence-electron chi connectivity index (χ3n) is 4.07. The van der Waals surface area contributed by atoms with Crippen molar-refractivity contribution >= 4 is 6.03 Å². The Hall–Kier alpha value is -1.71. The fourth-order valence-electron chi connectivity index (χ4n) is 2.79. The summed E-state index contributed by atoms with van der Waals surface area (Å²) < 4.78 is 5.61. The van der Waals surface area contributed by atoms with Gasteiger partial charge in [-0.05, 0) is 43.4 Å². The minimum absolute atomic E-state index is 0.0819. The molecule has 1 aliphatic rings. The van der Waals surface area contributed by atoms with Crippen molar-refractivity contribution in [3.8, 4) is 5.75 Å². The van der Waals surface area contributed by atoms with Crippen molar-refractivity contribution in [1.82, 2.24) is 10.6 Å². The van der Waals surface area contributed by atoms with Gasteiger partial charge in [-0.25, -0.2) is 4.79 Å². The van der Waals surface area contributed by atoms with Crippen LogP contribution >= 0.6 is 0 Å². The second-order valence-corrected chi connectivity index (χ2v) is 5.93. The molecule has 1 fully saturated rings. The van der Waals surface area contributed by atoms with Crippen LogP contribution in [0.4, 0.5) is 4.79 Å². The first-order chi connectivity index (χ1) is 10.1. The molecule has 0 aromatic heterocycles. The van der Waals surface area contributed by atoms with Crippen molar-refractivity contribution in [3.63, 3.8) is 0 Å². The highest BCUT2D eigenvalue weighted by Crippen LogP contribution is 2.23. The number of urea groups is 1. The van der Waals surface area contributed by atoms with Gasteiger partial charge < -0.3 is 15.4 Å². The summed E-state index contributed by atoms with van der Waals surface area (Å²) in [4.78, 5) is 11.8. The summed E-state index contributed by atoms with van der Waals surface area (Å²) in [5.41, 5.74) is 1.17. The summed E-state index contributed by atoms with van der Waals surface area (Å²) in [5.74, 6) is 1.42. The first kappa shape index (κ1) is 15.7. The molecule has 2 rings (SSSR count). The van der Waals surface area contributed by atoms with E-state index in [1.807, 2.05) is 31.2 Å². The molecular formula is C17H26N2O2.